The zero-order chi connectivity index (χ0) is 35.8. The summed E-state index contributed by atoms with van der Waals surface area (Å²) < 4.78 is 10.3. The topological polar surface area (TPSA) is 98.7 Å². The summed E-state index contributed by atoms with van der Waals surface area (Å²) in [6.07, 6.45) is 0. The van der Waals surface area contributed by atoms with Gasteiger partial charge in [0.15, 0.2) is 0 Å². The Labute approximate surface area is 302 Å². The molecule has 0 atom stereocenters. The van der Waals surface area contributed by atoms with Crippen LogP contribution in [0.15, 0.2) is 138 Å². The lowest BCUT2D eigenvalue weighted by Crippen LogP contribution is -2.05. The van der Waals surface area contributed by atoms with Gasteiger partial charge in [-0.3, -0.25) is 0 Å². The standard InChI is InChI=1S/C46H22N6O/c1-50-38-21-20-28(37(26-49)46(38)51-39-14-6-2-10-29(39)30-11-3-7-15-40(30)51)33-19-18-27(24-47)36(25-48)45(33)52-41-16-8-4-12-31(41)34-23-44-35(22-42(34)52)32-13-5-9-17-43(32)53-44/h2-23H. The number of nitrogens with zero attached hydrogens (tertiary/aromatic N) is 6. The van der Waals surface area contributed by atoms with E-state index in [0.717, 1.165) is 65.6 Å². The Hall–Kier alpha value is -8.10. The third kappa shape index (κ3) is 4.05. The van der Waals surface area contributed by atoms with Crippen molar-refractivity contribution >= 4 is 71.2 Å². The van der Waals surface area contributed by atoms with Crippen LogP contribution < -0.4 is 0 Å². The van der Waals surface area contributed by atoms with Gasteiger partial charge >= 0.3 is 0 Å². The maximum atomic E-state index is 11.1. The summed E-state index contributed by atoms with van der Waals surface area (Å²) in [5.41, 5.74) is 7.93. The average Bonchev–Trinajstić information content (AvgIpc) is 3.86. The highest BCUT2D eigenvalue weighted by Crippen LogP contribution is 2.45. The second kappa shape index (κ2) is 11.2. The lowest BCUT2D eigenvalue weighted by Gasteiger charge is -2.20. The monoisotopic (exact) mass is 674 g/mol. The molecule has 0 unspecified atom stereocenters. The molecule has 7 nitrogen and oxygen atoms in total. The Balaban J connectivity index is 1.37. The van der Waals surface area contributed by atoms with E-state index < -0.39 is 0 Å². The molecule has 0 saturated carbocycles. The zero-order valence-corrected chi connectivity index (χ0v) is 27.8. The van der Waals surface area contributed by atoms with E-state index in [0.29, 0.717) is 28.2 Å². The van der Waals surface area contributed by atoms with E-state index in [1.165, 1.54) is 0 Å². The molecule has 7 heteroatoms. The van der Waals surface area contributed by atoms with Gasteiger partial charge in [-0.1, -0.05) is 91.0 Å². The quantitative estimate of drug-likeness (QED) is 0.174. The Kier molecular flexibility index (Phi) is 6.30. The molecule has 242 valence electrons. The molecule has 0 bridgehead atoms. The fourth-order valence-electron chi connectivity index (χ4n) is 8.07. The smallest absolute Gasteiger partial charge is 0.211 e. The molecule has 3 heterocycles. The molecule has 10 aromatic rings. The molecule has 0 aliphatic heterocycles. The molecule has 0 amide bonds. The average molecular weight is 675 g/mol. The third-order valence-electron chi connectivity index (χ3n) is 10.3. The number of fused-ring (bicyclic) bond motifs is 9. The maximum absolute atomic E-state index is 11.1. The van der Waals surface area contributed by atoms with Crippen LogP contribution in [-0.2, 0) is 0 Å². The van der Waals surface area contributed by atoms with Gasteiger partial charge in [0.05, 0.1) is 56.7 Å². The van der Waals surface area contributed by atoms with E-state index in [-0.39, 0.29) is 16.7 Å². The Morgan fingerprint density at radius 1 is 0.472 bits per heavy atom. The zero-order valence-electron chi connectivity index (χ0n) is 27.8. The Bertz CT molecular complexity index is 3350. The van der Waals surface area contributed by atoms with E-state index in [4.69, 9.17) is 11.0 Å². The first kappa shape index (κ1) is 29.8. The van der Waals surface area contributed by atoms with Gasteiger partial charge in [-0.05, 0) is 42.5 Å². The Morgan fingerprint density at radius 2 is 1.04 bits per heavy atom. The summed E-state index contributed by atoms with van der Waals surface area (Å²) in [5, 5.41) is 38.0. The van der Waals surface area contributed by atoms with Crippen molar-refractivity contribution in [2.45, 2.75) is 0 Å². The summed E-state index contributed by atoms with van der Waals surface area (Å²) >= 11 is 0. The third-order valence-corrected chi connectivity index (χ3v) is 10.3. The van der Waals surface area contributed by atoms with Crippen LogP contribution in [0.4, 0.5) is 5.69 Å². The maximum Gasteiger partial charge on any atom is 0.211 e. The van der Waals surface area contributed by atoms with Crippen molar-refractivity contribution in [1.29, 1.82) is 15.8 Å². The molecule has 0 aliphatic carbocycles. The van der Waals surface area contributed by atoms with Gasteiger partial charge < -0.3 is 13.6 Å². The van der Waals surface area contributed by atoms with Gasteiger partial charge in [0.25, 0.3) is 0 Å². The van der Waals surface area contributed by atoms with Crippen molar-refractivity contribution in [2.24, 2.45) is 0 Å². The van der Waals surface area contributed by atoms with Crippen LogP contribution in [0.3, 0.4) is 0 Å². The first-order valence-electron chi connectivity index (χ1n) is 16.9. The second-order valence-electron chi connectivity index (χ2n) is 12.9. The predicted molar refractivity (Wildman–Crippen MR) is 208 cm³/mol. The lowest BCUT2D eigenvalue weighted by molar-refractivity contribution is 0.669. The van der Waals surface area contributed by atoms with E-state index >= 15 is 0 Å². The van der Waals surface area contributed by atoms with Crippen LogP contribution >= 0.6 is 0 Å². The van der Waals surface area contributed by atoms with Gasteiger partial charge in [0, 0.05) is 43.4 Å². The van der Waals surface area contributed by atoms with Gasteiger partial charge in [0.1, 0.15) is 29.4 Å². The molecule has 0 radical (unpaired) electrons. The van der Waals surface area contributed by atoms with Crippen molar-refractivity contribution < 1.29 is 4.42 Å². The molecular formula is C46H22N6O. The highest BCUT2D eigenvalue weighted by atomic mass is 16.3. The molecule has 0 spiro atoms. The van der Waals surface area contributed by atoms with Crippen molar-refractivity contribution in [3.63, 3.8) is 0 Å². The highest BCUT2D eigenvalue weighted by molar-refractivity contribution is 6.17. The van der Waals surface area contributed by atoms with Crippen LogP contribution in [-0.4, -0.2) is 9.13 Å². The minimum atomic E-state index is 0.182. The van der Waals surface area contributed by atoms with Crippen LogP contribution in [0.1, 0.15) is 16.7 Å². The van der Waals surface area contributed by atoms with Gasteiger partial charge in [-0.2, -0.15) is 15.8 Å². The molecule has 0 fully saturated rings. The fraction of sp³-hybridized carbons (Fsp3) is 0. The van der Waals surface area contributed by atoms with Gasteiger partial charge in [0.2, 0.25) is 5.69 Å². The summed E-state index contributed by atoms with van der Waals surface area (Å²) in [6.45, 7) is 8.22. The number of para-hydroxylation sites is 4. The van der Waals surface area contributed by atoms with E-state index in [9.17, 15) is 15.8 Å². The molecule has 0 N–H and O–H groups in total. The number of hydrogen-bond donors (Lipinski definition) is 0. The van der Waals surface area contributed by atoms with Crippen molar-refractivity contribution in [3.8, 4) is 40.7 Å². The van der Waals surface area contributed by atoms with E-state index in [1.54, 1.807) is 18.2 Å². The van der Waals surface area contributed by atoms with Crippen LogP contribution in [0, 0.1) is 40.6 Å². The molecule has 3 aromatic heterocycles. The first-order chi connectivity index (χ1) is 26.1. The minimum Gasteiger partial charge on any atom is -0.456 e. The summed E-state index contributed by atoms with van der Waals surface area (Å²) in [4.78, 5) is 3.92. The SMILES string of the molecule is [C-]#[N+]c1ccc(-c2ccc(C#N)c(C#N)c2-n2c3ccccc3c3cc4oc5ccccc5c4cc32)c(C#N)c1-n1c2ccccc2c2ccccc21. The molecule has 0 aliphatic rings. The van der Waals surface area contributed by atoms with E-state index in [2.05, 4.69) is 29.1 Å². The van der Waals surface area contributed by atoms with Crippen molar-refractivity contribution in [3.05, 3.63) is 162 Å². The van der Waals surface area contributed by atoms with Gasteiger partial charge in [-0.15, -0.1) is 0 Å². The van der Waals surface area contributed by atoms with Crippen molar-refractivity contribution in [2.75, 3.05) is 0 Å². The summed E-state index contributed by atoms with van der Waals surface area (Å²) in [6, 6.07) is 49.9. The number of benzene rings is 7. The largest absolute Gasteiger partial charge is 0.456 e. The lowest BCUT2D eigenvalue weighted by atomic mass is 9.92. The normalized spacial score (nSPS) is 11.3. The number of aromatic nitrogens is 2. The molecule has 53 heavy (non-hydrogen) atoms. The Morgan fingerprint density at radius 3 is 1.66 bits per heavy atom. The first-order valence-corrected chi connectivity index (χ1v) is 16.9. The fourth-order valence-corrected chi connectivity index (χ4v) is 8.07. The van der Waals surface area contributed by atoms with Crippen LogP contribution in [0.5, 0.6) is 0 Å². The van der Waals surface area contributed by atoms with E-state index in [1.807, 2.05) is 118 Å². The summed E-state index contributed by atoms with van der Waals surface area (Å²) in [7, 11) is 0. The van der Waals surface area contributed by atoms with Gasteiger partial charge in [-0.25, -0.2) is 4.85 Å². The molecule has 0 saturated heterocycles. The highest BCUT2D eigenvalue weighted by Gasteiger charge is 2.27. The molecule has 7 aromatic carbocycles. The molecular weight excluding hydrogens is 653 g/mol. The van der Waals surface area contributed by atoms with Crippen LogP contribution in [0.25, 0.3) is 92.9 Å². The number of nitriles is 3. The van der Waals surface area contributed by atoms with Crippen LogP contribution in [0.2, 0.25) is 0 Å². The number of furan rings is 1. The molecule has 10 rings (SSSR count). The number of rotatable bonds is 3. The second-order valence-corrected chi connectivity index (χ2v) is 12.9. The predicted octanol–water partition coefficient (Wildman–Crippen LogP) is 11.6. The van der Waals surface area contributed by atoms with Crippen molar-refractivity contribution in [1.82, 2.24) is 9.13 Å². The number of hydrogen-bond acceptors (Lipinski definition) is 4. The summed E-state index contributed by atoms with van der Waals surface area (Å²) in [5.74, 6) is 0. The minimum absolute atomic E-state index is 0.182.